The molecule has 0 saturated carbocycles. The van der Waals surface area contributed by atoms with Crippen LogP contribution in [0.25, 0.3) is 0 Å². The van der Waals surface area contributed by atoms with Crippen LogP contribution in [0.15, 0.2) is 15.9 Å². The van der Waals surface area contributed by atoms with Crippen LogP contribution >= 0.6 is 27.3 Å². The van der Waals surface area contributed by atoms with Crippen molar-refractivity contribution in [3.8, 4) is 0 Å². The van der Waals surface area contributed by atoms with E-state index in [1.54, 1.807) is 7.11 Å². The van der Waals surface area contributed by atoms with Crippen molar-refractivity contribution < 1.29 is 9.53 Å². The standard InChI is InChI=1S/C11H16BrNO2S/c1-3-4-8(7-15-2)13-11(14)9-5-6-10(12)16-9/h5-6,8H,3-4,7H2,1-2H3,(H,13,14). The predicted octanol–water partition coefficient (Wildman–Crippen LogP) is 3.06. The molecule has 0 radical (unpaired) electrons. The molecule has 0 saturated heterocycles. The lowest BCUT2D eigenvalue weighted by molar-refractivity contribution is 0.0895. The number of hydrogen-bond acceptors (Lipinski definition) is 3. The molecule has 1 N–H and O–H groups in total. The van der Waals surface area contributed by atoms with Gasteiger partial charge in [-0.15, -0.1) is 11.3 Å². The summed E-state index contributed by atoms with van der Waals surface area (Å²) in [6, 6.07) is 3.80. The Balaban J connectivity index is 2.54. The fraction of sp³-hybridized carbons (Fsp3) is 0.545. The number of thiophene rings is 1. The van der Waals surface area contributed by atoms with Gasteiger partial charge < -0.3 is 10.1 Å². The molecule has 5 heteroatoms. The van der Waals surface area contributed by atoms with Crippen LogP contribution in [0.1, 0.15) is 29.4 Å². The molecule has 1 aromatic heterocycles. The Kier molecular flexibility index (Phi) is 6.01. The van der Waals surface area contributed by atoms with E-state index in [2.05, 4.69) is 28.2 Å². The first kappa shape index (κ1) is 13.7. The Morgan fingerprint density at radius 2 is 2.38 bits per heavy atom. The fourth-order valence-corrected chi connectivity index (χ4v) is 2.73. The lowest BCUT2D eigenvalue weighted by Crippen LogP contribution is -2.37. The van der Waals surface area contributed by atoms with Gasteiger partial charge in [-0.05, 0) is 34.5 Å². The van der Waals surface area contributed by atoms with Crippen LogP contribution in [0.4, 0.5) is 0 Å². The predicted molar refractivity (Wildman–Crippen MR) is 70.1 cm³/mol. The lowest BCUT2D eigenvalue weighted by Gasteiger charge is -2.16. The average molecular weight is 306 g/mol. The van der Waals surface area contributed by atoms with Crippen LogP contribution in [0.5, 0.6) is 0 Å². The van der Waals surface area contributed by atoms with E-state index in [0.717, 1.165) is 21.5 Å². The van der Waals surface area contributed by atoms with Crippen molar-refractivity contribution >= 4 is 33.2 Å². The molecule has 3 nitrogen and oxygen atoms in total. The fourth-order valence-electron chi connectivity index (χ4n) is 1.44. The largest absolute Gasteiger partial charge is 0.383 e. The van der Waals surface area contributed by atoms with Crippen molar-refractivity contribution in [2.75, 3.05) is 13.7 Å². The summed E-state index contributed by atoms with van der Waals surface area (Å²) in [5, 5.41) is 2.97. The number of methoxy groups -OCH3 is 1. The normalized spacial score (nSPS) is 12.4. The monoisotopic (exact) mass is 305 g/mol. The zero-order chi connectivity index (χ0) is 12.0. The van der Waals surface area contributed by atoms with Crippen LogP contribution in [0, 0.1) is 0 Å². The Bertz CT molecular complexity index is 334. The lowest BCUT2D eigenvalue weighted by atomic mass is 10.2. The number of rotatable bonds is 6. The van der Waals surface area contributed by atoms with Gasteiger partial charge in [-0.1, -0.05) is 13.3 Å². The third kappa shape index (κ3) is 4.23. The van der Waals surface area contributed by atoms with Crippen LogP contribution in [-0.4, -0.2) is 25.7 Å². The molecule has 0 aliphatic rings. The van der Waals surface area contributed by atoms with E-state index in [1.807, 2.05) is 12.1 Å². The summed E-state index contributed by atoms with van der Waals surface area (Å²) in [6.45, 7) is 2.66. The molecule has 90 valence electrons. The van der Waals surface area contributed by atoms with E-state index in [-0.39, 0.29) is 11.9 Å². The highest BCUT2D eigenvalue weighted by Crippen LogP contribution is 2.22. The second-order valence-corrected chi connectivity index (χ2v) is 5.98. The minimum atomic E-state index is -0.0220. The SMILES string of the molecule is CCCC(COC)NC(=O)c1ccc(Br)s1. The Morgan fingerprint density at radius 1 is 1.62 bits per heavy atom. The molecule has 0 aliphatic carbocycles. The highest BCUT2D eigenvalue weighted by Gasteiger charge is 2.14. The molecule has 0 aromatic carbocycles. The minimum absolute atomic E-state index is 0.0220. The Morgan fingerprint density at radius 3 is 2.88 bits per heavy atom. The van der Waals surface area contributed by atoms with E-state index in [9.17, 15) is 4.79 Å². The van der Waals surface area contributed by atoms with E-state index in [4.69, 9.17) is 4.74 Å². The van der Waals surface area contributed by atoms with E-state index in [0.29, 0.717) is 6.61 Å². The van der Waals surface area contributed by atoms with Gasteiger partial charge in [0.1, 0.15) is 0 Å². The number of amides is 1. The van der Waals surface area contributed by atoms with Gasteiger partial charge in [0.25, 0.3) is 5.91 Å². The number of ether oxygens (including phenoxy) is 1. The average Bonchev–Trinajstić information content (AvgIpc) is 2.65. The molecule has 1 amide bonds. The van der Waals surface area contributed by atoms with Gasteiger partial charge in [0.2, 0.25) is 0 Å². The molecule has 1 atom stereocenters. The molecule has 0 aliphatic heterocycles. The second-order valence-electron chi connectivity index (χ2n) is 3.52. The molecule has 16 heavy (non-hydrogen) atoms. The molecule has 0 bridgehead atoms. The smallest absolute Gasteiger partial charge is 0.261 e. The zero-order valence-electron chi connectivity index (χ0n) is 9.46. The van der Waals surface area contributed by atoms with Crippen molar-refractivity contribution in [2.45, 2.75) is 25.8 Å². The summed E-state index contributed by atoms with van der Waals surface area (Å²) in [5.41, 5.74) is 0. The van der Waals surface area contributed by atoms with Crippen molar-refractivity contribution in [1.29, 1.82) is 0 Å². The topological polar surface area (TPSA) is 38.3 Å². The maximum Gasteiger partial charge on any atom is 0.261 e. The van der Waals surface area contributed by atoms with Gasteiger partial charge in [-0.25, -0.2) is 0 Å². The van der Waals surface area contributed by atoms with Gasteiger partial charge >= 0.3 is 0 Å². The van der Waals surface area contributed by atoms with Crippen LogP contribution in [0.2, 0.25) is 0 Å². The molecule has 1 aromatic rings. The van der Waals surface area contributed by atoms with Crippen molar-refractivity contribution in [2.24, 2.45) is 0 Å². The Hall–Kier alpha value is -0.390. The molecular formula is C11H16BrNO2S. The first-order valence-electron chi connectivity index (χ1n) is 5.22. The number of hydrogen-bond donors (Lipinski definition) is 1. The second kappa shape index (κ2) is 7.04. The van der Waals surface area contributed by atoms with Crippen molar-refractivity contribution in [1.82, 2.24) is 5.32 Å². The number of carbonyl (C=O) groups is 1. The summed E-state index contributed by atoms with van der Waals surface area (Å²) in [6.07, 6.45) is 1.97. The molecule has 1 unspecified atom stereocenters. The molecule has 0 spiro atoms. The van der Waals surface area contributed by atoms with Gasteiger partial charge in [-0.3, -0.25) is 4.79 Å². The molecule has 1 heterocycles. The third-order valence-electron chi connectivity index (χ3n) is 2.14. The number of halogens is 1. The van der Waals surface area contributed by atoms with Gasteiger partial charge in [-0.2, -0.15) is 0 Å². The van der Waals surface area contributed by atoms with E-state index >= 15 is 0 Å². The number of nitrogens with one attached hydrogen (secondary N) is 1. The summed E-state index contributed by atoms with van der Waals surface area (Å²) in [7, 11) is 1.65. The summed E-state index contributed by atoms with van der Waals surface area (Å²) >= 11 is 4.78. The maximum absolute atomic E-state index is 11.8. The first-order valence-corrected chi connectivity index (χ1v) is 6.83. The van der Waals surface area contributed by atoms with Crippen LogP contribution < -0.4 is 5.32 Å². The van der Waals surface area contributed by atoms with Gasteiger partial charge in [0.15, 0.2) is 0 Å². The quantitative estimate of drug-likeness (QED) is 0.877. The summed E-state index contributed by atoms with van der Waals surface area (Å²) in [5.74, 6) is -0.0220. The van der Waals surface area contributed by atoms with Gasteiger partial charge in [0.05, 0.1) is 21.3 Å². The zero-order valence-corrected chi connectivity index (χ0v) is 11.9. The van der Waals surface area contributed by atoms with Crippen LogP contribution in [-0.2, 0) is 4.74 Å². The van der Waals surface area contributed by atoms with Crippen molar-refractivity contribution in [3.05, 3.63) is 20.8 Å². The maximum atomic E-state index is 11.8. The number of carbonyl (C=O) groups excluding carboxylic acids is 1. The third-order valence-corrected chi connectivity index (χ3v) is 3.76. The molecule has 1 rings (SSSR count). The van der Waals surface area contributed by atoms with Crippen LogP contribution in [0.3, 0.4) is 0 Å². The first-order chi connectivity index (χ1) is 7.67. The minimum Gasteiger partial charge on any atom is -0.383 e. The summed E-state index contributed by atoms with van der Waals surface area (Å²) in [4.78, 5) is 12.6. The summed E-state index contributed by atoms with van der Waals surface area (Å²) < 4.78 is 6.05. The Labute approximate surface area is 108 Å². The molecular weight excluding hydrogens is 290 g/mol. The van der Waals surface area contributed by atoms with Crippen molar-refractivity contribution in [3.63, 3.8) is 0 Å². The highest BCUT2D eigenvalue weighted by molar-refractivity contribution is 9.11. The molecule has 0 fully saturated rings. The highest BCUT2D eigenvalue weighted by atomic mass is 79.9. The van der Waals surface area contributed by atoms with E-state index < -0.39 is 0 Å². The van der Waals surface area contributed by atoms with E-state index in [1.165, 1.54) is 11.3 Å². The van der Waals surface area contributed by atoms with Gasteiger partial charge in [0, 0.05) is 7.11 Å².